The van der Waals surface area contributed by atoms with E-state index in [4.69, 9.17) is 4.74 Å². The highest BCUT2D eigenvalue weighted by atomic mass is 16.5. The van der Waals surface area contributed by atoms with E-state index in [1.165, 1.54) is 0 Å². The number of likely N-dealkylation sites (N-methyl/N-ethyl adjacent to an activating group) is 1. The van der Waals surface area contributed by atoms with Crippen molar-refractivity contribution in [2.75, 3.05) is 43.4 Å². The van der Waals surface area contributed by atoms with Gasteiger partial charge in [0.2, 0.25) is 0 Å². The van der Waals surface area contributed by atoms with E-state index < -0.39 is 0 Å². The Morgan fingerprint density at radius 1 is 1.11 bits per heavy atom. The Kier molecular flexibility index (Phi) is 6.42. The van der Waals surface area contributed by atoms with E-state index in [-0.39, 0.29) is 12.0 Å². The van der Waals surface area contributed by atoms with Crippen LogP contribution >= 0.6 is 0 Å². The molecule has 6 nitrogen and oxygen atoms in total. The highest BCUT2D eigenvalue weighted by Gasteiger charge is 2.15. The van der Waals surface area contributed by atoms with Crippen molar-refractivity contribution in [1.82, 2.24) is 9.88 Å². The van der Waals surface area contributed by atoms with Crippen molar-refractivity contribution in [1.29, 1.82) is 0 Å². The first-order valence-corrected chi connectivity index (χ1v) is 9.43. The number of anilines is 2. The molecule has 144 valence electrons. The number of benzene rings is 1. The van der Waals surface area contributed by atoms with Crippen LogP contribution in [0.2, 0.25) is 0 Å². The minimum absolute atomic E-state index is 0.138. The first kappa shape index (κ1) is 19.3. The molecule has 0 atom stereocenters. The summed E-state index contributed by atoms with van der Waals surface area (Å²) in [5.74, 6) is 0.816. The third-order valence-corrected chi connectivity index (χ3v) is 4.63. The summed E-state index contributed by atoms with van der Waals surface area (Å²) in [5.41, 5.74) is 2.37. The number of nitrogens with one attached hydrogen (secondary N) is 1. The molecule has 0 saturated carbocycles. The molecule has 1 amide bonds. The zero-order chi connectivity index (χ0) is 19.2. The van der Waals surface area contributed by atoms with Gasteiger partial charge in [-0.2, -0.15) is 0 Å². The van der Waals surface area contributed by atoms with Crippen LogP contribution in [0.1, 0.15) is 29.8 Å². The molecule has 1 aliphatic rings. The van der Waals surface area contributed by atoms with Gasteiger partial charge in [-0.25, -0.2) is 4.98 Å². The van der Waals surface area contributed by atoms with Crippen LogP contribution in [0.5, 0.6) is 0 Å². The number of amides is 1. The second-order valence-electron chi connectivity index (χ2n) is 7.21. The van der Waals surface area contributed by atoms with Crippen LogP contribution in [0.3, 0.4) is 0 Å². The maximum absolute atomic E-state index is 12.4. The summed E-state index contributed by atoms with van der Waals surface area (Å²) in [7, 11) is 2.13. The molecule has 1 saturated heterocycles. The molecule has 1 fully saturated rings. The summed E-state index contributed by atoms with van der Waals surface area (Å²) in [5, 5.41) is 2.91. The van der Waals surface area contributed by atoms with Crippen LogP contribution in [0.4, 0.5) is 11.5 Å². The van der Waals surface area contributed by atoms with Gasteiger partial charge in [-0.1, -0.05) is 12.1 Å². The lowest BCUT2D eigenvalue weighted by Crippen LogP contribution is -2.44. The van der Waals surface area contributed by atoms with Crippen molar-refractivity contribution < 1.29 is 9.53 Å². The van der Waals surface area contributed by atoms with Crippen molar-refractivity contribution in [2.24, 2.45) is 0 Å². The summed E-state index contributed by atoms with van der Waals surface area (Å²) < 4.78 is 5.58. The largest absolute Gasteiger partial charge is 0.374 e. The second-order valence-corrected chi connectivity index (χ2v) is 7.21. The van der Waals surface area contributed by atoms with Crippen molar-refractivity contribution in [3.63, 3.8) is 0 Å². The van der Waals surface area contributed by atoms with E-state index in [2.05, 4.69) is 27.1 Å². The lowest BCUT2D eigenvalue weighted by molar-refractivity contribution is 0.0657. The fourth-order valence-electron chi connectivity index (χ4n) is 2.90. The van der Waals surface area contributed by atoms with E-state index in [1.807, 2.05) is 50.2 Å². The van der Waals surface area contributed by atoms with Gasteiger partial charge < -0.3 is 19.9 Å². The van der Waals surface area contributed by atoms with Gasteiger partial charge in [0.1, 0.15) is 5.82 Å². The second kappa shape index (κ2) is 8.97. The molecule has 3 rings (SSSR count). The Bertz CT molecular complexity index is 736. The number of nitrogens with zero attached hydrogens (tertiary/aromatic N) is 3. The highest BCUT2D eigenvalue weighted by molar-refractivity contribution is 6.04. The molecule has 6 heteroatoms. The maximum Gasteiger partial charge on any atom is 0.255 e. The summed E-state index contributed by atoms with van der Waals surface area (Å²) in [6.07, 6.45) is 1.91. The lowest BCUT2D eigenvalue weighted by atomic mass is 10.1. The van der Waals surface area contributed by atoms with Gasteiger partial charge in [-0.15, -0.1) is 0 Å². The number of carbonyl (C=O) groups excluding carboxylic acids is 1. The zero-order valence-corrected chi connectivity index (χ0v) is 16.3. The molecule has 2 heterocycles. The molecule has 0 spiro atoms. The van der Waals surface area contributed by atoms with Gasteiger partial charge in [0.25, 0.3) is 5.91 Å². The smallest absolute Gasteiger partial charge is 0.255 e. The van der Waals surface area contributed by atoms with Crippen LogP contribution in [0, 0.1) is 0 Å². The summed E-state index contributed by atoms with van der Waals surface area (Å²) >= 11 is 0. The van der Waals surface area contributed by atoms with E-state index in [0.717, 1.165) is 37.6 Å². The topological polar surface area (TPSA) is 57.7 Å². The standard InChI is InChI=1S/C21H28N4O2/c1-16(2)27-15-17-4-6-18(7-5-17)21(26)23-19-8-9-20(22-14-19)25-12-10-24(3)11-13-25/h4-9,14,16H,10-13,15H2,1-3H3,(H,23,26). The Balaban J connectivity index is 1.56. The number of pyridine rings is 1. The third-order valence-electron chi connectivity index (χ3n) is 4.63. The number of hydrogen-bond acceptors (Lipinski definition) is 5. The van der Waals surface area contributed by atoms with Gasteiger partial charge >= 0.3 is 0 Å². The number of hydrogen-bond donors (Lipinski definition) is 1. The molecule has 1 N–H and O–H groups in total. The molecule has 0 aliphatic carbocycles. The van der Waals surface area contributed by atoms with Gasteiger partial charge in [0.05, 0.1) is 24.6 Å². The molecule has 0 bridgehead atoms. The van der Waals surface area contributed by atoms with Gasteiger partial charge in [0.15, 0.2) is 0 Å². The van der Waals surface area contributed by atoms with Crippen LogP contribution in [-0.4, -0.2) is 55.1 Å². The Labute approximate surface area is 161 Å². The highest BCUT2D eigenvalue weighted by Crippen LogP contribution is 2.17. The van der Waals surface area contributed by atoms with Crippen molar-refractivity contribution in [3.8, 4) is 0 Å². The average molecular weight is 368 g/mol. The normalized spacial score (nSPS) is 15.2. The van der Waals surface area contributed by atoms with E-state index in [9.17, 15) is 4.79 Å². The molecule has 0 radical (unpaired) electrons. The van der Waals surface area contributed by atoms with Crippen LogP contribution in [0.25, 0.3) is 0 Å². The number of carbonyl (C=O) groups is 1. The quantitative estimate of drug-likeness (QED) is 0.849. The third kappa shape index (κ3) is 5.52. The average Bonchev–Trinajstić information content (AvgIpc) is 2.68. The monoisotopic (exact) mass is 368 g/mol. The molecule has 1 aromatic heterocycles. The van der Waals surface area contributed by atoms with Gasteiger partial charge in [-0.05, 0) is 50.7 Å². The fourth-order valence-corrected chi connectivity index (χ4v) is 2.90. The minimum Gasteiger partial charge on any atom is -0.374 e. The minimum atomic E-state index is -0.138. The van der Waals surface area contributed by atoms with Crippen LogP contribution in [0.15, 0.2) is 42.6 Å². The van der Waals surface area contributed by atoms with Crippen LogP contribution < -0.4 is 10.2 Å². The number of ether oxygens (including phenoxy) is 1. The molecular formula is C21H28N4O2. The molecule has 1 aliphatic heterocycles. The van der Waals surface area contributed by atoms with E-state index in [1.54, 1.807) is 6.20 Å². The Morgan fingerprint density at radius 3 is 2.41 bits per heavy atom. The number of rotatable bonds is 6. The summed E-state index contributed by atoms with van der Waals surface area (Å²) in [6, 6.07) is 11.4. The van der Waals surface area contributed by atoms with Gasteiger partial charge in [0, 0.05) is 31.7 Å². The molecule has 27 heavy (non-hydrogen) atoms. The first-order chi connectivity index (χ1) is 13.0. The van der Waals surface area contributed by atoms with E-state index in [0.29, 0.717) is 17.9 Å². The maximum atomic E-state index is 12.4. The molecular weight excluding hydrogens is 340 g/mol. The number of aromatic nitrogens is 1. The predicted octanol–water partition coefficient (Wildman–Crippen LogP) is 3.01. The fraction of sp³-hybridized carbons (Fsp3) is 0.429. The van der Waals surface area contributed by atoms with Crippen molar-refractivity contribution in [3.05, 3.63) is 53.7 Å². The Hall–Kier alpha value is -2.44. The number of piperazine rings is 1. The SMILES string of the molecule is CC(C)OCc1ccc(C(=O)Nc2ccc(N3CCN(C)CC3)nc2)cc1. The van der Waals surface area contributed by atoms with Crippen molar-refractivity contribution >= 4 is 17.4 Å². The summed E-state index contributed by atoms with van der Waals surface area (Å²) in [4.78, 5) is 21.5. The molecule has 0 unspecified atom stereocenters. The lowest BCUT2D eigenvalue weighted by Gasteiger charge is -2.33. The van der Waals surface area contributed by atoms with E-state index >= 15 is 0 Å². The predicted molar refractivity (Wildman–Crippen MR) is 108 cm³/mol. The first-order valence-electron chi connectivity index (χ1n) is 9.43. The zero-order valence-electron chi connectivity index (χ0n) is 16.3. The summed E-state index contributed by atoms with van der Waals surface area (Å²) in [6.45, 7) is 8.59. The van der Waals surface area contributed by atoms with Gasteiger partial charge in [-0.3, -0.25) is 4.79 Å². The molecule has 2 aromatic rings. The Morgan fingerprint density at radius 2 is 1.81 bits per heavy atom. The van der Waals surface area contributed by atoms with Crippen LogP contribution in [-0.2, 0) is 11.3 Å². The molecule has 1 aromatic carbocycles. The van der Waals surface area contributed by atoms with Crippen molar-refractivity contribution in [2.45, 2.75) is 26.6 Å².